The summed E-state index contributed by atoms with van der Waals surface area (Å²) in [5.74, 6) is 1.14. The Hall–Kier alpha value is -0.510. The maximum Gasteiger partial charge on any atom is 0.175 e. The third kappa shape index (κ3) is 2.44. The first kappa shape index (κ1) is 12.5. The van der Waals surface area contributed by atoms with Gasteiger partial charge in [-0.25, -0.2) is 4.98 Å². The van der Waals surface area contributed by atoms with Gasteiger partial charge in [-0.2, -0.15) is 0 Å². The summed E-state index contributed by atoms with van der Waals surface area (Å²) in [6, 6.07) is 5.71. The zero-order valence-corrected chi connectivity index (χ0v) is 12.5. The molecule has 1 aromatic heterocycles. The van der Waals surface area contributed by atoms with Gasteiger partial charge in [-0.15, -0.1) is 0 Å². The van der Waals surface area contributed by atoms with Crippen LogP contribution in [-0.4, -0.2) is 11.6 Å². The second kappa shape index (κ2) is 4.87. The van der Waals surface area contributed by atoms with Crippen molar-refractivity contribution >= 4 is 50.0 Å². The van der Waals surface area contributed by atoms with Crippen LogP contribution in [0.3, 0.4) is 0 Å². The van der Waals surface area contributed by atoms with Gasteiger partial charge in [0.2, 0.25) is 0 Å². The highest BCUT2D eigenvalue weighted by Gasteiger charge is 2.23. The fourth-order valence-electron chi connectivity index (χ4n) is 1.76. The molecule has 0 N–H and O–H groups in total. The van der Waals surface area contributed by atoms with E-state index < -0.39 is 0 Å². The Balaban J connectivity index is 2.05. The lowest BCUT2D eigenvalue weighted by atomic mass is 10.2. The molecule has 1 aliphatic carbocycles. The molecule has 2 nitrogen and oxygen atoms in total. The molecule has 0 spiro atoms. The van der Waals surface area contributed by atoms with Crippen LogP contribution in [-0.2, 0) is 0 Å². The minimum absolute atomic E-state index is 0.329. The third-order valence-electron chi connectivity index (χ3n) is 2.96. The van der Waals surface area contributed by atoms with E-state index in [1.54, 1.807) is 0 Å². The Kier molecular flexibility index (Phi) is 3.39. The molecule has 1 saturated carbocycles. The zero-order chi connectivity index (χ0) is 12.7. The van der Waals surface area contributed by atoms with Gasteiger partial charge >= 0.3 is 0 Å². The summed E-state index contributed by atoms with van der Waals surface area (Å²) < 4.78 is 6.65. The summed E-state index contributed by atoms with van der Waals surface area (Å²) in [5.41, 5.74) is 0.770. The number of pyridine rings is 1. The van der Waals surface area contributed by atoms with Crippen molar-refractivity contribution in [2.24, 2.45) is 5.92 Å². The standard InChI is InChI=1S/C13H10BrCl2NO/c14-8-3-4-10-9(5-8)11(15)12(13(16)17-10)18-6-7-1-2-7/h3-5,7H,1-2,6H2. The molecule has 0 unspecified atom stereocenters. The SMILES string of the molecule is Clc1nc2ccc(Br)cc2c(Cl)c1OCC1CC1. The third-order valence-corrected chi connectivity index (χ3v) is 4.09. The average molecular weight is 347 g/mol. The van der Waals surface area contributed by atoms with E-state index in [9.17, 15) is 0 Å². The van der Waals surface area contributed by atoms with Crippen LogP contribution in [0.15, 0.2) is 22.7 Å². The van der Waals surface area contributed by atoms with Gasteiger partial charge < -0.3 is 4.74 Å². The van der Waals surface area contributed by atoms with E-state index in [0.29, 0.717) is 28.5 Å². The molecule has 0 bridgehead atoms. The lowest BCUT2D eigenvalue weighted by Crippen LogP contribution is -2.01. The van der Waals surface area contributed by atoms with Crippen LogP contribution in [0.4, 0.5) is 0 Å². The van der Waals surface area contributed by atoms with Gasteiger partial charge in [0.05, 0.1) is 17.1 Å². The van der Waals surface area contributed by atoms with Crippen LogP contribution in [0.2, 0.25) is 10.2 Å². The fraction of sp³-hybridized carbons (Fsp3) is 0.308. The second-order valence-corrected chi connectivity index (χ2v) is 6.11. The number of fused-ring (bicyclic) bond motifs is 1. The molecule has 1 fully saturated rings. The Labute approximate surface area is 123 Å². The Morgan fingerprint density at radius 2 is 2.11 bits per heavy atom. The van der Waals surface area contributed by atoms with Crippen molar-refractivity contribution < 1.29 is 4.74 Å². The van der Waals surface area contributed by atoms with Crippen LogP contribution < -0.4 is 4.74 Å². The van der Waals surface area contributed by atoms with Crippen molar-refractivity contribution in [1.29, 1.82) is 0 Å². The van der Waals surface area contributed by atoms with Crippen LogP contribution in [0.25, 0.3) is 10.9 Å². The molecule has 1 aromatic carbocycles. The number of hydrogen-bond donors (Lipinski definition) is 0. The largest absolute Gasteiger partial charge is 0.488 e. The number of hydrogen-bond acceptors (Lipinski definition) is 2. The van der Waals surface area contributed by atoms with Gasteiger partial charge in [0, 0.05) is 9.86 Å². The molecule has 0 radical (unpaired) electrons. The maximum absolute atomic E-state index is 6.35. The van der Waals surface area contributed by atoms with Gasteiger partial charge in [-0.3, -0.25) is 0 Å². The minimum atomic E-state index is 0.329. The van der Waals surface area contributed by atoms with Crippen molar-refractivity contribution in [3.63, 3.8) is 0 Å². The van der Waals surface area contributed by atoms with Crippen molar-refractivity contribution in [1.82, 2.24) is 4.98 Å². The van der Waals surface area contributed by atoms with Crippen molar-refractivity contribution in [2.45, 2.75) is 12.8 Å². The van der Waals surface area contributed by atoms with Gasteiger partial charge in [-0.05, 0) is 37.0 Å². The summed E-state index contributed by atoms with van der Waals surface area (Å²) >= 11 is 15.9. The van der Waals surface area contributed by atoms with E-state index in [4.69, 9.17) is 27.9 Å². The smallest absolute Gasteiger partial charge is 0.175 e. The molecule has 5 heteroatoms. The Morgan fingerprint density at radius 3 is 2.83 bits per heavy atom. The van der Waals surface area contributed by atoms with Crippen molar-refractivity contribution in [3.8, 4) is 5.75 Å². The molecular weight excluding hydrogens is 337 g/mol. The Bertz CT molecular complexity index is 613. The van der Waals surface area contributed by atoms with E-state index in [1.165, 1.54) is 12.8 Å². The predicted molar refractivity (Wildman–Crippen MR) is 77.7 cm³/mol. The molecule has 0 aliphatic heterocycles. The summed E-state index contributed by atoms with van der Waals surface area (Å²) in [6.07, 6.45) is 2.45. The fourth-order valence-corrected chi connectivity index (χ4v) is 2.70. The lowest BCUT2D eigenvalue weighted by Gasteiger charge is -2.11. The lowest BCUT2D eigenvalue weighted by molar-refractivity contribution is 0.299. The molecule has 2 aromatic rings. The molecule has 94 valence electrons. The van der Waals surface area contributed by atoms with Crippen LogP contribution in [0, 0.1) is 5.92 Å². The molecule has 18 heavy (non-hydrogen) atoms. The van der Waals surface area contributed by atoms with Gasteiger partial charge in [0.1, 0.15) is 0 Å². The van der Waals surface area contributed by atoms with Crippen LogP contribution in [0.5, 0.6) is 5.75 Å². The summed E-state index contributed by atoms with van der Waals surface area (Å²) in [6.45, 7) is 0.667. The molecule has 3 rings (SSSR count). The average Bonchev–Trinajstić information content (AvgIpc) is 3.14. The number of rotatable bonds is 3. The van der Waals surface area contributed by atoms with Gasteiger partial charge in [0.15, 0.2) is 10.9 Å². The number of benzene rings is 1. The number of aromatic nitrogens is 1. The summed E-state index contributed by atoms with van der Waals surface area (Å²) in [7, 11) is 0. The molecular formula is C13H10BrCl2NO. The molecule has 1 heterocycles. The summed E-state index contributed by atoms with van der Waals surface area (Å²) in [4.78, 5) is 4.31. The van der Waals surface area contributed by atoms with E-state index >= 15 is 0 Å². The van der Waals surface area contributed by atoms with E-state index in [0.717, 1.165) is 15.4 Å². The highest BCUT2D eigenvalue weighted by Crippen LogP contribution is 2.39. The first-order valence-corrected chi connectivity index (χ1v) is 7.27. The van der Waals surface area contributed by atoms with E-state index in [-0.39, 0.29) is 0 Å². The quantitative estimate of drug-likeness (QED) is 0.722. The molecule has 1 aliphatic rings. The van der Waals surface area contributed by atoms with E-state index in [1.807, 2.05) is 18.2 Å². The Morgan fingerprint density at radius 1 is 1.33 bits per heavy atom. The second-order valence-electron chi connectivity index (χ2n) is 4.46. The van der Waals surface area contributed by atoms with Crippen molar-refractivity contribution in [3.05, 3.63) is 32.8 Å². The number of halogens is 3. The molecule has 0 amide bonds. The predicted octanol–water partition coefficient (Wildman–Crippen LogP) is 5.09. The minimum Gasteiger partial charge on any atom is -0.488 e. The maximum atomic E-state index is 6.35. The zero-order valence-electron chi connectivity index (χ0n) is 9.42. The van der Waals surface area contributed by atoms with E-state index in [2.05, 4.69) is 20.9 Å². The highest BCUT2D eigenvalue weighted by atomic mass is 79.9. The molecule has 0 atom stereocenters. The van der Waals surface area contributed by atoms with Crippen molar-refractivity contribution in [2.75, 3.05) is 6.61 Å². The van der Waals surface area contributed by atoms with Crippen LogP contribution >= 0.6 is 39.1 Å². The van der Waals surface area contributed by atoms with Gasteiger partial charge in [-0.1, -0.05) is 39.1 Å². The molecule has 0 saturated heterocycles. The monoisotopic (exact) mass is 345 g/mol. The highest BCUT2D eigenvalue weighted by molar-refractivity contribution is 9.10. The first-order chi connectivity index (χ1) is 8.65. The number of ether oxygens (including phenoxy) is 1. The number of nitrogens with zero attached hydrogens (tertiary/aromatic N) is 1. The first-order valence-electron chi connectivity index (χ1n) is 5.72. The normalized spacial score (nSPS) is 15.1. The summed E-state index contributed by atoms with van der Waals surface area (Å²) in [5, 5.41) is 1.71. The van der Waals surface area contributed by atoms with Crippen LogP contribution in [0.1, 0.15) is 12.8 Å². The topological polar surface area (TPSA) is 22.1 Å². The van der Waals surface area contributed by atoms with Gasteiger partial charge in [0.25, 0.3) is 0 Å².